The van der Waals surface area contributed by atoms with Gasteiger partial charge < -0.3 is 9.47 Å². The van der Waals surface area contributed by atoms with Crippen LogP contribution < -0.4 is 4.74 Å². The van der Waals surface area contributed by atoms with Gasteiger partial charge in [-0.2, -0.15) is 0 Å². The summed E-state index contributed by atoms with van der Waals surface area (Å²) in [5.74, 6) is -0.318. The minimum absolute atomic E-state index is 0.0319. The number of hydrogen-bond donors (Lipinski definition) is 0. The number of benzene rings is 1. The number of halogens is 3. The van der Waals surface area contributed by atoms with E-state index in [1.165, 1.54) is 18.6 Å². The van der Waals surface area contributed by atoms with E-state index in [4.69, 9.17) is 0 Å². The van der Waals surface area contributed by atoms with Crippen LogP contribution in [0.15, 0.2) is 24.3 Å². The molecule has 3 nitrogen and oxygen atoms in total. The zero-order valence-corrected chi connectivity index (χ0v) is 7.38. The van der Waals surface area contributed by atoms with Crippen LogP contribution in [0, 0.1) is 0 Å². The highest BCUT2D eigenvalue weighted by atomic mass is 19.4. The van der Waals surface area contributed by atoms with Gasteiger partial charge in [0.15, 0.2) is 0 Å². The van der Waals surface area contributed by atoms with Crippen LogP contribution >= 0.6 is 0 Å². The fraction of sp³-hybridized carbons (Fsp3) is 0.222. The van der Waals surface area contributed by atoms with Gasteiger partial charge in [-0.1, -0.05) is 12.1 Å². The Kier molecular flexibility index (Phi) is 3.54. The van der Waals surface area contributed by atoms with Crippen LogP contribution in [-0.2, 0) is 16.1 Å². The maximum absolute atomic E-state index is 11.7. The number of hydrogen-bond acceptors (Lipinski definition) is 3. The van der Waals surface area contributed by atoms with E-state index in [1.807, 2.05) is 0 Å². The molecule has 0 amide bonds. The molecule has 1 aromatic carbocycles. The smallest absolute Gasteiger partial charge is 0.452 e. The summed E-state index contributed by atoms with van der Waals surface area (Å²) in [6.07, 6.45) is -4.70. The van der Waals surface area contributed by atoms with Gasteiger partial charge in [0.1, 0.15) is 12.4 Å². The summed E-state index contributed by atoms with van der Waals surface area (Å²) in [5.41, 5.74) is 0.549. The molecule has 6 heteroatoms. The molecule has 81 valence electrons. The molecule has 0 heterocycles. The second-order valence-electron chi connectivity index (χ2n) is 2.56. The average Bonchev–Trinajstić information content (AvgIpc) is 2.14. The molecule has 0 aliphatic rings. The second kappa shape index (κ2) is 4.68. The van der Waals surface area contributed by atoms with Gasteiger partial charge in [-0.25, -0.2) is 4.79 Å². The Hall–Kier alpha value is -1.72. The van der Waals surface area contributed by atoms with Crippen LogP contribution in [0.4, 0.5) is 13.2 Å². The van der Waals surface area contributed by atoms with E-state index in [9.17, 15) is 18.0 Å². The first-order chi connectivity index (χ1) is 7.01. The molecule has 0 fully saturated rings. The molecule has 0 aromatic heterocycles. The van der Waals surface area contributed by atoms with Gasteiger partial charge in [0.2, 0.25) is 0 Å². The third-order valence-electron chi connectivity index (χ3n) is 1.45. The highest BCUT2D eigenvalue weighted by Crippen LogP contribution is 2.22. The Balaban J connectivity index is 2.60. The predicted octanol–water partition coefficient (Wildman–Crippen LogP) is 2.17. The van der Waals surface area contributed by atoms with Crippen LogP contribution in [0.1, 0.15) is 5.56 Å². The molecule has 0 saturated carbocycles. The zero-order valence-electron chi connectivity index (χ0n) is 7.38. The molecule has 1 aromatic rings. The quantitative estimate of drug-likeness (QED) is 0.778. The second-order valence-corrected chi connectivity index (χ2v) is 2.56. The fourth-order valence-electron chi connectivity index (χ4n) is 0.900. The Morgan fingerprint density at radius 1 is 1.20 bits per heavy atom. The maximum Gasteiger partial charge on any atom is 0.573 e. The van der Waals surface area contributed by atoms with Gasteiger partial charge in [0.05, 0.1) is 0 Å². The zero-order chi connectivity index (χ0) is 11.3. The Bertz CT molecular complexity index is 318. The summed E-state index contributed by atoms with van der Waals surface area (Å²) in [7, 11) is 0. The minimum Gasteiger partial charge on any atom is -0.452 e. The lowest BCUT2D eigenvalue weighted by atomic mass is 10.2. The molecule has 1 rings (SSSR count). The summed E-state index contributed by atoms with van der Waals surface area (Å²) in [5, 5.41) is 0. The Labute approximate surface area is 83.4 Å². The van der Waals surface area contributed by atoms with Crippen LogP contribution in [0.2, 0.25) is 0 Å². The summed E-state index contributed by atoms with van der Waals surface area (Å²) < 4.78 is 43.2. The van der Waals surface area contributed by atoms with Crippen molar-refractivity contribution in [3.05, 3.63) is 29.8 Å². The molecule has 1 radical (unpaired) electrons. The van der Waals surface area contributed by atoms with Crippen molar-refractivity contribution in [2.45, 2.75) is 13.0 Å². The Morgan fingerprint density at radius 3 is 2.27 bits per heavy atom. The monoisotopic (exact) mass is 219 g/mol. The van der Waals surface area contributed by atoms with Crippen molar-refractivity contribution < 1.29 is 27.4 Å². The third-order valence-corrected chi connectivity index (χ3v) is 1.45. The molecular formula is C9H6F3O3. The standard InChI is InChI=1S/C9H6F3O3/c10-9(11,12)15-8-3-1-7(2-4-8)5-14-6-13/h1-4H,5H2. The van der Waals surface area contributed by atoms with E-state index in [2.05, 4.69) is 9.47 Å². The van der Waals surface area contributed by atoms with Crippen molar-refractivity contribution in [3.8, 4) is 5.75 Å². The van der Waals surface area contributed by atoms with E-state index in [1.54, 1.807) is 0 Å². The molecule has 0 saturated heterocycles. The normalized spacial score (nSPS) is 10.9. The number of alkyl halides is 3. The molecular weight excluding hydrogens is 213 g/mol. The van der Waals surface area contributed by atoms with Crippen LogP contribution in [0.5, 0.6) is 5.75 Å². The van der Waals surface area contributed by atoms with Gasteiger partial charge in [0, 0.05) is 0 Å². The number of rotatable bonds is 4. The molecule has 0 spiro atoms. The lowest BCUT2D eigenvalue weighted by Gasteiger charge is -2.08. The summed E-state index contributed by atoms with van der Waals surface area (Å²) in [4.78, 5) is 9.71. The predicted molar refractivity (Wildman–Crippen MR) is 43.6 cm³/mol. The molecule has 0 aliphatic carbocycles. The highest BCUT2D eigenvalue weighted by molar-refractivity contribution is 5.38. The van der Waals surface area contributed by atoms with Crippen molar-refractivity contribution >= 4 is 6.47 Å². The van der Waals surface area contributed by atoms with E-state index < -0.39 is 6.36 Å². The number of carbonyl (C=O) groups excluding carboxylic acids is 1. The van der Waals surface area contributed by atoms with Crippen molar-refractivity contribution in [3.63, 3.8) is 0 Å². The first-order valence-electron chi connectivity index (χ1n) is 3.85. The Morgan fingerprint density at radius 2 is 1.80 bits per heavy atom. The van der Waals surface area contributed by atoms with Crippen molar-refractivity contribution in [2.75, 3.05) is 0 Å². The molecule has 0 aliphatic heterocycles. The van der Waals surface area contributed by atoms with Gasteiger partial charge in [-0.15, -0.1) is 13.2 Å². The van der Waals surface area contributed by atoms with Crippen LogP contribution in [-0.4, -0.2) is 12.8 Å². The highest BCUT2D eigenvalue weighted by Gasteiger charge is 2.30. The molecule has 15 heavy (non-hydrogen) atoms. The van der Waals surface area contributed by atoms with Gasteiger partial charge in [-0.05, 0) is 17.7 Å². The molecule has 0 unspecified atom stereocenters. The summed E-state index contributed by atoms with van der Waals surface area (Å²) in [6, 6.07) is 4.99. The van der Waals surface area contributed by atoms with Crippen molar-refractivity contribution in [1.29, 1.82) is 0 Å². The summed E-state index contributed by atoms with van der Waals surface area (Å²) in [6.45, 7) is 1.18. The van der Waals surface area contributed by atoms with Gasteiger partial charge >= 0.3 is 12.8 Å². The first kappa shape index (κ1) is 11.4. The topological polar surface area (TPSA) is 35.5 Å². The summed E-state index contributed by atoms with van der Waals surface area (Å²) >= 11 is 0. The van der Waals surface area contributed by atoms with Crippen LogP contribution in [0.3, 0.4) is 0 Å². The van der Waals surface area contributed by atoms with Crippen LogP contribution in [0.25, 0.3) is 0 Å². The molecule has 0 N–H and O–H groups in total. The lowest BCUT2D eigenvalue weighted by molar-refractivity contribution is -0.274. The fourth-order valence-corrected chi connectivity index (χ4v) is 0.900. The SMILES string of the molecule is O=[C]OCc1ccc(OC(F)(F)F)cc1. The lowest BCUT2D eigenvalue weighted by Crippen LogP contribution is -2.17. The largest absolute Gasteiger partial charge is 0.573 e. The van der Waals surface area contributed by atoms with Crippen molar-refractivity contribution in [1.82, 2.24) is 0 Å². The third kappa shape index (κ3) is 4.35. The average molecular weight is 219 g/mol. The van der Waals surface area contributed by atoms with E-state index in [0.717, 1.165) is 12.1 Å². The van der Waals surface area contributed by atoms with Crippen molar-refractivity contribution in [2.24, 2.45) is 0 Å². The first-order valence-corrected chi connectivity index (χ1v) is 3.85. The van der Waals surface area contributed by atoms with Gasteiger partial charge in [0.25, 0.3) is 0 Å². The molecule has 0 atom stereocenters. The molecule has 0 bridgehead atoms. The van der Waals surface area contributed by atoms with E-state index in [-0.39, 0.29) is 12.4 Å². The minimum atomic E-state index is -4.70. The number of ether oxygens (including phenoxy) is 2. The van der Waals surface area contributed by atoms with E-state index in [0.29, 0.717) is 5.56 Å². The maximum atomic E-state index is 11.7. The van der Waals surface area contributed by atoms with Gasteiger partial charge in [-0.3, -0.25) is 0 Å². The van der Waals surface area contributed by atoms with E-state index >= 15 is 0 Å².